The predicted molar refractivity (Wildman–Crippen MR) is 92.5 cm³/mol. The molecule has 0 aromatic carbocycles. The number of aliphatic hydroxyl groups is 1. The van der Waals surface area contributed by atoms with Crippen molar-refractivity contribution in [2.24, 2.45) is 0 Å². The van der Waals surface area contributed by atoms with Crippen LogP contribution in [0.5, 0.6) is 0 Å². The summed E-state index contributed by atoms with van der Waals surface area (Å²) < 4.78 is 5.15. The number of aromatic nitrogens is 2. The Morgan fingerprint density at radius 3 is 3.00 bits per heavy atom. The molecule has 8 heteroatoms. The van der Waals surface area contributed by atoms with Crippen LogP contribution in [0, 0.1) is 6.92 Å². The van der Waals surface area contributed by atoms with Crippen LogP contribution in [0.25, 0.3) is 0 Å². The number of thiazole rings is 1. The van der Waals surface area contributed by atoms with Crippen molar-refractivity contribution >= 4 is 17.2 Å². The summed E-state index contributed by atoms with van der Waals surface area (Å²) in [6.45, 7) is 4.05. The first-order valence-electron chi connectivity index (χ1n) is 8.67. The lowest BCUT2D eigenvalue weighted by molar-refractivity contribution is 0.0338. The van der Waals surface area contributed by atoms with Gasteiger partial charge in [0.15, 0.2) is 0 Å². The fourth-order valence-electron chi connectivity index (χ4n) is 3.23. The van der Waals surface area contributed by atoms with E-state index < -0.39 is 6.10 Å². The highest BCUT2D eigenvalue weighted by molar-refractivity contribution is 7.09. The zero-order valence-corrected chi connectivity index (χ0v) is 15.0. The molecule has 2 fully saturated rings. The molecule has 2 aliphatic rings. The first-order valence-corrected chi connectivity index (χ1v) is 9.55. The minimum absolute atomic E-state index is 0.231. The lowest BCUT2D eigenvalue weighted by Crippen LogP contribution is -2.53. The fourth-order valence-corrected chi connectivity index (χ4v) is 3.83. The number of aryl methyl sites for hydroxylation is 1. The van der Waals surface area contributed by atoms with Crippen LogP contribution in [0.15, 0.2) is 16.0 Å². The number of carbonyl (C=O) groups excluding carboxylic acids is 1. The first kappa shape index (κ1) is 16.7. The number of carbonyl (C=O) groups is 1. The van der Waals surface area contributed by atoms with Crippen molar-refractivity contribution in [3.8, 4) is 0 Å². The molecule has 1 saturated carbocycles. The molecule has 7 nitrogen and oxygen atoms in total. The summed E-state index contributed by atoms with van der Waals surface area (Å²) >= 11 is 1.64. The van der Waals surface area contributed by atoms with Crippen LogP contribution in [-0.4, -0.2) is 51.3 Å². The number of piperidine rings is 1. The number of nitrogens with zero attached hydrogens (tertiary/aromatic N) is 3. The molecule has 2 aromatic heterocycles. The zero-order valence-electron chi connectivity index (χ0n) is 14.1. The monoisotopic (exact) mass is 362 g/mol. The van der Waals surface area contributed by atoms with Gasteiger partial charge in [0.1, 0.15) is 0 Å². The molecule has 2 N–H and O–H groups in total. The molecule has 3 heterocycles. The molecule has 2 aromatic rings. The van der Waals surface area contributed by atoms with Crippen molar-refractivity contribution in [2.45, 2.75) is 50.8 Å². The highest BCUT2D eigenvalue weighted by Crippen LogP contribution is 2.39. The van der Waals surface area contributed by atoms with Gasteiger partial charge < -0.3 is 14.9 Å². The molecule has 4 rings (SSSR count). The maximum Gasteiger partial charge on any atom is 0.290 e. The van der Waals surface area contributed by atoms with Crippen LogP contribution in [-0.2, 0) is 6.54 Å². The second kappa shape index (κ2) is 6.86. The van der Waals surface area contributed by atoms with Crippen molar-refractivity contribution in [1.29, 1.82) is 0 Å². The Balaban J connectivity index is 1.30. The van der Waals surface area contributed by atoms with E-state index in [2.05, 4.69) is 25.7 Å². The first-order chi connectivity index (χ1) is 12.1. The maximum atomic E-state index is 12.3. The van der Waals surface area contributed by atoms with E-state index in [9.17, 15) is 9.90 Å². The van der Waals surface area contributed by atoms with Crippen molar-refractivity contribution in [1.82, 2.24) is 20.4 Å². The Labute approximate surface area is 150 Å². The lowest BCUT2D eigenvalue weighted by Gasteiger charge is -2.35. The van der Waals surface area contributed by atoms with E-state index in [1.807, 2.05) is 6.92 Å². The third-order valence-corrected chi connectivity index (χ3v) is 5.60. The summed E-state index contributed by atoms with van der Waals surface area (Å²) in [4.78, 5) is 18.9. The average Bonchev–Trinajstić information content (AvgIpc) is 3.17. The lowest BCUT2D eigenvalue weighted by atomic mass is 10.0. The number of β-amino-alcohol motifs (C(OH)–C–C–N with tert-alkyl or cyclic N) is 1. The van der Waals surface area contributed by atoms with E-state index >= 15 is 0 Å². The van der Waals surface area contributed by atoms with E-state index in [1.165, 1.54) is 0 Å². The van der Waals surface area contributed by atoms with Gasteiger partial charge in [-0.1, -0.05) is 5.16 Å². The molecule has 2 atom stereocenters. The third-order valence-electron chi connectivity index (χ3n) is 4.78. The Morgan fingerprint density at radius 1 is 1.48 bits per heavy atom. The van der Waals surface area contributed by atoms with Gasteiger partial charge in [0, 0.05) is 37.0 Å². The molecule has 134 valence electrons. The summed E-state index contributed by atoms with van der Waals surface area (Å²) in [5.74, 6) is 0.384. The maximum absolute atomic E-state index is 12.3. The van der Waals surface area contributed by atoms with Gasteiger partial charge >= 0.3 is 0 Å². The van der Waals surface area contributed by atoms with Gasteiger partial charge in [-0.3, -0.25) is 9.69 Å². The molecule has 1 aliphatic heterocycles. The second-order valence-corrected chi connectivity index (χ2v) is 7.98. The SMILES string of the molecule is Cc1nc(CN2CC[C@@H](NC(=O)c3cc(C4CC4)no3)[C@H](O)C2)cs1. The van der Waals surface area contributed by atoms with Crippen molar-refractivity contribution < 1.29 is 14.4 Å². The van der Waals surface area contributed by atoms with Crippen molar-refractivity contribution in [2.75, 3.05) is 13.1 Å². The minimum Gasteiger partial charge on any atom is -0.390 e. The summed E-state index contributed by atoms with van der Waals surface area (Å²) in [5.41, 5.74) is 1.89. The number of aliphatic hydroxyl groups excluding tert-OH is 1. The Morgan fingerprint density at radius 2 is 2.32 bits per heavy atom. The summed E-state index contributed by atoms with van der Waals surface area (Å²) in [6.07, 6.45) is 2.31. The second-order valence-electron chi connectivity index (χ2n) is 6.92. The van der Waals surface area contributed by atoms with Gasteiger partial charge in [-0.25, -0.2) is 4.98 Å². The summed E-state index contributed by atoms with van der Waals surface area (Å²) in [6, 6.07) is 1.45. The minimum atomic E-state index is -0.608. The van der Waals surface area contributed by atoms with Crippen LogP contribution in [0.4, 0.5) is 0 Å². The molecule has 1 aliphatic carbocycles. The highest BCUT2D eigenvalue weighted by atomic mass is 32.1. The Hall–Kier alpha value is -1.77. The normalized spacial score (nSPS) is 24.4. The van der Waals surface area contributed by atoms with E-state index in [0.717, 1.165) is 42.3 Å². The molecule has 1 saturated heterocycles. The Bertz CT molecular complexity index is 755. The molecule has 25 heavy (non-hydrogen) atoms. The van der Waals surface area contributed by atoms with Gasteiger partial charge in [-0.15, -0.1) is 11.3 Å². The molecule has 0 unspecified atom stereocenters. The summed E-state index contributed by atoms with van der Waals surface area (Å²) in [7, 11) is 0. The third kappa shape index (κ3) is 3.91. The van der Waals surface area contributed by atoms with E-state index in [-0.39, 0.29) is 17.7 Å². The molecule has 0 spiro atoms. The fraction of sp³-hybridized carbons (Fsp3) is 0.588. The number of hydrogen-bond acceptors (Lipinski definition) is 7. The van der Waals surface area contributed by atoms with Crippen LogP contribution >= 0.6 is 11.3 Å². The van der Waals surface area contributed by atoms with Crippen LogP contribution in [0.3, 0.4) is 0 Å². The molecular formula is C17H22N4O3S. The molecule has 1 amide bonds. The van der Waals surface area contributed by atoms with Gasteiger partial charge in [-0.2, -0.15) is 0 Å². The highest BCUT2D eigenvalue weighted by Gasteiger charge is 2.32. The van der Waals surface area contributed by atoms with Crippen molar-refractivity contribution in [3.63, 3.8) is 0 Å². The molecular weight excluding hydrogens is 340 g/mol. The van der Waals surface area contributed by atoms with E-state index in [0.29, 0.717) is 18.9 Å². The predicted octanol–water partition coefficient (Wildman–Crippen LogP) is 1.68. The number of nitrogens with one attached hydrogen (secondary N) is 1. The van der Waals surface area contributed by atoms with Gasteiger partial charge in [0.05, 0.1) is 28.5 Å². The number of amides is 1. The summed E-state index contributed by atoms with van der Waals surface area (Å²) in [5, 5.41) is 20.3. The van der Waals surface area contributed by atoms with Crippen LogP contribution in [0.2, 0.25) is 0 Å². The Kier molecular flexibility index (Phi) is 4.58. The van der Waals surface area contributed by atoms with Crippen molar-refractivity contribution in [3.05, 3.63) is 33.6 Å². The van der Waals surface area contributed by atoms with E-state index in [1.54, 1.807) is 17.4 Å². The van der Waals surface area contributed by atoms with Gasteiger partial charge in [0.2, 0.25) is 5.76 Å². The van der Waals surface area contributed by atoms with Gasteiger partial charge in [0.25, 0.3) is 5.91 Å². The van der Waals surface area contributed by atoms with Crippen LogP contribution < -0.4 is 5.32 Å². The zero-order chi connectivity index (χ0) is 17.4. The molecule has 0 radical (unpaired) electrons. The quantitative estimate of drug-likeness (QED) is 0.841. The number of hydrogen-bond donors (Lipinski definition) is 2. The largest absolute Gasteiger partial charge is 0.390 e. The standard InChI is InChI=1S/C17H22N4O3S/c1-10-18-12(9-25-10)7-21-5-4-13(15(22)8-21)19-17(23)16-6-14(20-24-16)11-2-3-11/h6,9,11,13,15,22H,2-5,7-8H2,1H3,(H,19,23)/t13-,15-/m1/s1. The number of rotatable bonds is 5. The smallest absolute Gasteiger partial charge is 0.290 e. The van der Waals surface area contributed by atoms with E-state index in [4.69, 9.17) is 4.52 Å². The van der Waals surface area contributed by atoms with Crippen LogP contribution in [0.1, 0.15) is 52.1 Å². The van der Waals surface area contributed by atoms with Gasteiger partial charge in [-0.05, 0) is 26.2 Å². The number of likely N-dealkylation sites (tertiary alicyclic amines) is 1. The molecule has 0 bridgehead atoms. The average molecular weight is 362 g/mol. The topological polar surface area (TPSA) is 91.5 Å².